The predicted octanol–water partition coefficient (Wildman–Crippen LogP) is 4.55. The van der Waals surface area contributed by atoms with Gasteiger partial charge in [-0.1, -0.05) is 32.9 Å². The van der Waals surface area contributed by atoms with E-state index in [1.807, 2.05) is 12.1 Å². The van der Waals surface area contributed by atoms with Crippen LogP contribution in [0.1, 0.15) is 32.0 Å². The van der Waals surface area contributed by atoms with E-state index < -0.39 is 11.9 Å². The number of hydrogen-bond donors (Lipinski definition) is 0. The van der Waals surface area contributed by atoms with E-state index in [1.165, 1.54) is 6.07 Å². The third-order valence-electron chi connectivity index (χ3n) is 2.85. The molecule has 0 aliphatic carbocycles. The molecule has 96 valence electrons. The van der Waals surface area contributed by atoms with Crippen LogP contribution in [0.5, 0.6) is 0 Å². The van der Waals surface area contributed by atoms with E-state index in [4.69, 9.17) is 0 Å². The maximum atomic E-state index is 12.5. The number of pyridine rings is 1. The van der Waals surface area contributed by atoms with E-state index in [9.17, 15) is 13.2 Å². The third-order valence-corrected chi connectivity index (χ3v) is 2.85. The van der Waals surface area contributed by atoms with Crippen LogP contribution in [0.4, 0.5) is 13.2 Å². The molecule has 0 spiro atoms. The average Bonchev–Trinajstić information content (AvgIpc) is 2.25. The summed E-state index contributed by atoms with van der Waals surface area (Å²) < 4.78 is 37.6. The lowest BCUT2D eigenvalue weighted by atomic mass is 9.86. The van der Waals surface area contributed by atoms with Crippen LogP contribution in [0.25, 0.3) is 10.9 Å². The van der Waals surface area contributed by atoms with Gasteiger partial charge in [0.2, 0.25) is 0 Å². The second-order valence-corrected chi connectivity index (χ2v) is 5.35. The molecular formula is C14H14F3N. The van der Waals surface area contributed by atoms with Crippen molar-refractivity contribution >= 4 is 10.9 Å². The highest BCUT2D eigenvalue weighted by Gasteiger charge is 2.32. The molecule has 0 fully saturated rings. The minimum Gasteiger partial charge on any atom is -0.243 e. The third kappa shape index (κ3) is 2.47. The molecule has 0 radical (unpaired) electrons. The molecule has 0 saturated carbocycles. The highest BCUT2D eigenvalue weighted by molar-refractivity contribution is 5.79. The van der Waals surface area contributed by atoms with Crippen LogP contribution in [0.15, 0.2) is 30.3 Å². The quantitative estimate of drug-likeness (QED) is 0.671. The van der Waals surface area contributed by atoms with E-state index in [-0.39, 0.29) is 5.41 Å². The van der Waals surface area contributed by atoms with Crippen molar-refractivity contribution in [2.45, 2.75) is 32.4 Å². The maximum Gasteiger partial charge on any atom is 0.433 e. The van der Waals surface area contributed by atoms with Crippen molar-refractivity contribution in [3.05, 3.63) is 41.6 Å². The zero-order valence-electron chi connectivity index (χ0n) is 10.5. The predicted molar refractivity (Wildman–Crippen MR) is 65.4 cm³/mol. The summed E-state index contributed by atoms with van der Waals surface area (Å²) in [6, 6.07) is 7.86. The summed E-state index contributed by atoms with van der Waals surface area (Å²) in [5.41, 5.74) is 0.574. The number of rotatable bonds is 0. The molecule has 1 aromatic carbocycles. The normalized spacial score (nSPS) is 13.0. The Bertz CT molecular complexity index is 526. The Morgan fingerprint density at radius 3 is 2.17 bits per heavy atom. The van der Waals surface area contributed by atoms with Gasteiger partial charge in [0, 0.05) is 5.39 Å². The number of nitrogens with zero attached hydrogens (tertiary/aromatic N) is 1. The number of aromatic nitrogens is 1. The first-order chi connectivity index (χ1) is 8.18. The van der Waals surface area contributed by atoms with Gasteiger partial charge in [-0.05, 0) is 29.2 Å². The van der Waals surface area contributed by atoms with Crippen molar-refractivity contribution < 1.29 is 13.2 Å². The van der Waals surface area contributed by atoms with Crippen LogP contribution in [0.3, 0.4) is 0 Å². The fourth-order valence-corrected chi connectivity index (χ4v) is 1.75. The van der Waals surface area contributed by atoms with Crippen molar-refractivity contribution in [1.29, 1.82) is 0 Å². The molecular weight excluding hydrogens is 239 g/mol. The van der Waals surface area contributed by atoms with Crippen LogP contribution in [0, 0.1) is 0 Å². The number of alkyl halides is 3. The highest BCUT2D eigenvalue weighted by atomic mass is 19.4. The summed E-state index contributed by atoms with van der Waals surface area (Å²) in [5, 5.41) is 0.732. The Balaban J connectivity index is 2.56. The van der Waals surface area contributed by atoms with Gasteiger partial charge >= 0.3 is 6.18 Å². The second-order valence-electron chi connectivity index (χ2n) is 5.35. The topological polar surface area (TPSA) is 12.9 Å². The summed E-state index contributed by atoms with van der Waals surface area (Å²) >= 11 is 0. The van der Waals surface area contributed by atoms with Crippen LogP contribution < -0.4 is 0 Å². The molecule has 0 aliphatic rings. The second kappa shape index (κ2) is 3.97. The fraction of sp³-hybridized carbons (Fsp3) is 0.357. The maximum absolute atomic E-state index is 12.5. The van der Waals surface area contributed by atoms with Gasteiger partial charge in [0.1, 0.15) is 5.69 Å². The Morgan fingerprint density at radius 1 is 0.944 bits per heavy atom. The number of fused-ring (bicyclic) bond motifs is 1. The SMILES string of the molecule is CC(C)(C)c1ccc2nc(C(F)(F)F)ccc2c1. The largest absolute Gasteiger partial charge is 0.433 e. The lowest BCUT2D eigenvalue weighted by Crippen LogP contribution is -2.11. The van der Waals surface area contributed by atoms with Crippen LogP contribution >= 0.6 is 0 Å². The number of benzene rings is 1. The minimum absolute atomic E-state index is 0.0309. The molecule has 2 aromatic rings. The highest BCUT2D eigenvalue weighted by Crippen LogP contribution is 2.30. The van der Waals surface area contributed by atoms with E-state index in [0.29, 0.717) is 5.52 Å². The number of halogens is 3. The van der Waals surface area contributed by atoms with Gasteiger partial charge < -0.3 is 0 Å². The first-order valence-corrected chi connectivity index (χ1v) is 5.66. The molecule has 0 bridgehead atoms. The van der Waals surface area contributed by atoms with E-state index in [1.54, 1.807) is 6.07 Å². The molecule has 2 rings (SSSR count). The van der Waals surface area contributed by atoms with Gasteiger partial charge in [-0.2, -0.15) is 13.2 Å². The van der Waals surface area contributed by atoms with Crippen LogP contribution in [0.2, 0.25) is 0 Å². The zero-order valence-corrected chi connectivity index (χ0v) is 10.5. The molecule has 1 heterocycles. The monoisotopic (exact) mass is 253 g/mol. The first-order valence-electron chi connectivity index (χ1n) is 5.66. The van der Waals surface area contributed by atoms with Gasteiger partial charge in [0.05, 0.1) is 5.52 Å². The van der Waals surface area contributed by atoms with Gasteiger partial charge in [-0.3, -0.25) is 0 Å². The Labute approximate surface area is 104 Å². The van der Waals surface area contributed by atoms with E-state index in [2.05, 4.69) is 25.8 Å². The molecule has 0 atom stereocenters. The van der Waals surface area contributed by atoms with Crippen molar-refractivity contribution in [2.75, 3.05) is 0 Å². The summed E-state index contributed by atoms with van der Waals surface area (Å²) in [4.78, 5) is 3.64. The molecule has 18 heavy (non-hydrogen) atoms. The van der Waals surface area contributed by atoms with Gasteiger partial charge in [0.15, 0.2) is 0 Å². The molecule has 0 N–H and O–H groups in total. The zero-order chi connectivity index (χ0) is 13.6. The summed E-state index contributed by atoms with van der Waals surface area (Å²) in [7, 11) is 0. The molecule has 0 amide bonds. The lowest BCUT2D eigenvalue weighted by Gasteiger charge is -2.19. The van der Waals surface area contributed by atoms with E-state index in [0.717, 1.165) is 17.0 Å². The summed E-state index contributed by atoms with van der Waals surface area (Å²) in [5.74, 6) is 0. The molecule has 1 aromatic heterocycles. The summed E-state index contributed by atoms with van der Waals surface area (Å²) in [6.45, 7) is 6.18. The standard InChI is InChI=1S/C14H14F3N/c1-13(2,3)10-5-6-11-9(8-10)4-7-12(18-11)14(15,16)17/h4-8H,1-3H3. The van der Waals surface area contributed by atoms with E-state index >= 15 is 0 Å². The Morgan fingerprint density at radius 2 is 1.61 bits per heavy atom. The van der Waals surface area contributed by atoms with Gasteiger partial charge in [-0.25, -0.2) is 4.98 Å². The summed E-state index contributed by atoms with van der Waals surface area (Å²) in [6.07, 6.45) is -4.39. The first kappa shape index (κ1) is 12.9. The van der Waals surface area contributed by atoms with Crippen LogP contribution in [-0.2, 0) is 11.6 Å². The van der Waals surface area contributed by atoms with Crippen molar-refractivity contribution in [1.82, 2.24) is 4.98 Å². The molecule has 0 saturated heterocycles. The van der Waals surface area contributed by atoms with Crippen molar-refractivity contribution in [2.24, 2.45) is 0 Å². The molecule has 1 nitrogen and oxygen atoms in total. The lowest BCUT2D eigenvalue weighted by molar-refractivity contribution is -0.140. The van der Waals surface area contributed by atoms with Crippen molar-refractivity contribution in [3.8, 4) is 0 Å². The molecule has 0 unspecified atom stereocenters. The van der Waals surface area contributed by atoms with Crippen molar-refractivity contribution in [3.63, 3.8) is 0 Å². The minimum atomic E-state index is -4.39. The number of hydrogen-bond acceptors (Lipinski definition) is 1. The Hall–Kier alpha value is -1.58. The van der Waals surface area contributed by atoms with Gasteiger partial charge in [-0.15, -0.1) is 0 Å². The fourth-order valence-electron chi connectivity index (χ4n) is 1.75. The van der Waals surface area contributed by atoms with Gasteiger partial charge in [0.25, 0.3) is 0 Å². The van der Waals surface area contributed by atoms with Crippen LogP contribution in [-0.4, -0.2) is 4.98 Å². The molecule has 4 heteroatoms. The smallest absolute Gasteiger partial charge is 0.243 e. The molecule has 0 aliphatic heterocycles. The average molecular weight is 253 g/mol. The Kier molecular flexibility index (Phi) is 2.84.